The van der Waals surface area contributed by atoms with E-state index in [1.54, 1.807) is 29.4 Å². The van der Waals surface area contributed by atoms with Crippen LogP contribution >= 0.6 is 0 Å². The van der Waals surface area contributed by atoms with Crippen LogP contribution in [0.25, 0.3) is 6.08 Å². The maximum absolute atomic E-state index is 12.3. The zero-order valence-electron chi connectivity index (χ0n) is 17.2. The highest BCUT2D eigenvalue weighted by Gasteiger charge is 2.21. The second kappa shape index (κ2) is 9.26. The summed E-state index contributed by atoms with van der Waals surface area (Å²) in [6.45, 7) is 2.69. The molecule has 0 atom stereocenters. The quantitative estimate of drug-likeness (QED) is 0.580. The molecular formula is C25H23N3O3. The smallest absolute Gasteiger partial charge is 0.248 e. The summed E-state index contributed by atoms with van der Waals surface area (Å²) in [6, 6.07) is 16.7. The normalized spacial score (nSPS) is 13.6. The Balaban J connectivity index is 1.35. The van der Waals surface area contributed by atoms with E-state index in [4.69, 9.17) is 4.74 Å². The van der Waals surface area contributed by atoms with Crippen LogP contribution in [0.1, 0.15) is 24.0 Å². The molecule has 156 valence electrons. The minimum Gasteiger partial charge on any atom is -0.455 e. The predicted molar refractivity (Wildman–Crippen MR) is 121 cm³/mol. The molecule has 0 unspecified atom stereocenters. The van der Waals surface area contributed by atoms with Gasteiger partial charge in [0.1, 0.15) is 11.5 Å². The molecule has 0 saturated carbocycles. The summed E-state index contributed by atoms with van der Waals surface area (Å²) in [5.74, 6) is 1.30. The van der Waals surface area contributed by atoms with E-state index in [0.29, 0.717) is 23.6 Å². The molecule has 1 aliphatic rings. The molecule has 0 bridgehead atoms. The van der Waals surface area contributed by atoms with Crippen molar-refractivity contribution < 1.29 is 14.3 Å². The van der Waals surface area contributed by atoms with E-state index in [2.05, 4.69) is 10.3 Å². The third kappa shape index (κ3) is 5.17. The average molecular weight is 413 g/mol. The first-order valence-electron chi connectivity index (χ1n) is 10.2. The summed E-state index contributed by atoms with van der Waals surface area (Å²) < 4.78 is 5.81. The molecule has 1 aromatic heterocycles. The van der Waals surface area contributed by atoms with Gasteiger partial charge in [0.2, 0.25) is 11.8 Å². The van der Waals surface area contributed by atoms with Crippen molar-refractivity contribution in [3.8, 4) is 11.5 Å². The van der Waals surface area contributed by atoms with Crippen molar-refractivity contribution in [2.45, 2.75) is 19.8 Å². The number of ether oxygens (including phenoxy) is 1. The Kier molecular flexibility index (Phi) is 6.08. The maximum atomic E-state index is 12.3. The van der Waals surface area contributed by atoms with E-state index in [9.17, 15) is 9.59 Å². The van der Waals surface area contributed by atoms with Crippen LogP contribution in [-0.4, -0.2) is 23.3 Å². The van der Waals surface area contributed by atoms with E-state index in [0.717, 1.165) is 29.8 Å². The Morgan fingerprint density at radius 1 is 1.16 bits per heavy atom. The van der Waals surface area contributed by atoms with Gasteiger partial charge < -0.3 is 15.0 Å². The number of carbonyl (C=O) groups excluding carboxylic acids is 2. The Morgan fingerprint density at radius 3 is 2.68 bits per heavy atom. The number of hydrogen-bond donors (Lipinski definition) is 1. The summed E-state index contributed by atoms with van der Waals surface area (Å²) >= 11 is 0. The number of aromatic nitrogens is 1. The van der Waals surface area contributed by atoms with Gasteiger partial charge in [0.25, 0.3) is 0 Å². The molecule has 3 aromatic rings. The second-order valence-electron chi connectivity index (χ2n) is 7.33. The number of pyridine rings is 1. The minimum absolute atomic E-state index is 0.162. The highest BCUT2D eigenvalue weighted by atomic mass is 16.5. The third-order valence-electron chi connectivity index (χ3n) is 5.01. The lowest BCUT2D eigenvalue weighted by Gasteiger charge is -2.15. The zero-order valence-corrected chi connectivity index (χ0v) is 17.2. The third-order valence-corrected chi connectivity index (χ3v) is 5.01. The van der Waals surface area contributed by atoms with Gasteiger partial charge in [0.15, 0.2) is 0 Å². The SMILES string of the molecule is Cc1cc(NC(=O)C=Cc2ccc(N3CCCC3=O)cc2)ccc1Oc1cccnc1. The van der Waals surface area contributed by atoms with Crippen molar-refractivity contribution in [3.63, 3.8) is 0 Å². The van der Waals surface area contributed by atoms with Crippen LogP contribution in [0.5, 0.6) is 11.5 Å². The fourth-order valence-electron chi connectivity index (χ4n) is 3.42. The van der Waals surface area contributed by atoms with E-state index < -0.39 is 0 Å². The molecule has 31 heavy (non-hydrogen) atoms. The van der Waals surface area contributed by atoms with Crippen LogP contribution < -0.4 is 15.0 Å². The number of anilines is 2. The highest BCUT2D eigenvalue weighted by molar-refractivity contribution is 6.02. The summed E-state index contributed by atoms with van der Waals surface area (Å²) in [4.78, 5) is 30.0. The second-order valence-corrected chi connectivity index (χ2v) is 7.33. The first-order chi connectivity index (χ1) is 15.1. The lowest BCUT2D eigenvalue weighted by molar-refractivity contribution is -0.117. The molecule has 0 spiro atoms. The van der Waals surface area contributed by atoms with E-state index in [1.807, 2.05) is 55.5 Å². The number of nitrogens with zero attached hydrogens (tertiary/aromatic N) is 2. The van der Waals surface area contributed by atoms with Gasteiger partial charge in [-0.2, -0.15) is 0 Å². The van der Waals surface area contributed by atoms with Crippen LogP contribution in [0.15, 0.2) is 73.1 Å². The summed E-state index contributed by atoms with van der Waals surface area (Å²) in [5, 5.41) is 2.86. The Morgan fingerprint density at radius 2 is 2.00 bits per heavy atom. The summed E-state index contributed by atoms with van der Waals surface area (Å²) in [5.41, 5.74) is 3.38. The molecule has 1 saturated heterocycles. The maximum Gasteiger partial charge on any atom is 0.248 e. The molecule has 1 N–H and O–H groups in total. The average Bonchev–Trinajstić information content (AvgIpc) is 3.21. The predicted octanol–water partition coefficient (Wildman–Crippen LogP) is 4.96. The molecule has 6 nitrogen and oxygen atoms in total. The van der Waals surface area contributed by atoms with Crippen LogP contribution in [0.4, 0.5) is 11.4 Å². The minimum atomic E-state index is -0.223. The first kappa shape index (κ1) is 20.3. The van der Waals surface area contributed by atoms with E-state index in [1.165, 1.54) is 6.08 Å². The van der Waals surface area contributed by atoms with Gasteiger partial charge in [-0.3, -0.25) is 14.6 Å². The lowest BCUT2D eigenvalue weighted by atomic mass is 10.1. The van der Waals surface area contributed by atoms with E-state index >= 15 is 0 Å². The van der Waals surface area contributed by atoms with Crippen LogP contribution in [-0.2, 0) is 9.59 Å². The molecule has 2 aromatic carbocycles. The zero-order chi connectivity index (χ0) is 21.6. The lowest BCUT2D eigenvalue weighted by Crippen LogP contribution is -2.23. The number of carbonyl (C=O) groups is 2. The van der Waals surface area contributed by atoms with Gasteiger partial charge in [0.05, 0.1) is 6.20 Å². The Labute approximate surface area is 181 Å². The monoisotopic (exact) mass is 413 g/mol. The first-order valence-corrected chi connectivity index (χ1v) is 10.2. The standard InChI is InChI=1S/C25H23N3O3/c1-18-16-20(9-12-23(18)31-22-4-2-14-26-17-22)27-24(29)13-8-19-6-10-21(11-7-19)28-15-3-5-25(28)30/h2,4,6-14,16-17H,3,5,15H2,1H3,(H,27,29). The Hall–Kier alpha value is -3.93. The molecule has 2 amide bonds. The van der Waals surface area contributed by atoms with Gasteiger partial charge in [-0.25, -0.2) is 0 Å². The van der Waals surface area contributed by atoms with Crippen LogP contribution in [0.3, 0.4) is 0 Å². The van der Waals surface area contributed by atoms with Crippen molar-refractivity contribution in [1.82, 2.24) is 4.98 Å². The van der Waals surface area contributed by atoms with Crippen molar-refractivity contribution in [2.75, 3.05) is 16.8 Å². The number of aryl methyl sites for hydroxylation is 1. The van der Waals surface area contributed by atoms with Gasteiger partial charge in [-0.05, 0) is 73.0 Å². The number of rotatable bonds is 6. The topological polar surface area (TPSA) is 71.5 Å². The molecule has 1 aliphatic heterocycles. The molecule has 1 fully saturated rings. The van der Waals surface area contributed by atoms with E-state index in [-0.39, 0.29) is 11.8 Å². The van der Waals surface area contributed by atoms with Gasteiger partial charge in [0, 0.05) is 36.6 Å². The fourth-order valence-corrected chi connectivity index (χ4v) is 3.42. The van der Waals surface area contributed by atoms with Crippen LogP contribution in [0, 0.1) is 6.92 Å². The van der Waals surface area contributed by atoms with Gasteiger partial charge >= 0.3 is 0 Å². The number of benzene rings is 2. The molecule has 6 heteroatoms. The summed E-state index contributed by atoms with van der Waals surface area (Å²) in [7, 11) is 0. The van der Waals surface area contributed by atoms with Crippen molar-refractivity contribution >= 4 is 29.3 Å². The van der Waals surface area contributed by atoms with Gasteiger partial charge in [-0.15, -0.1) is 0 Å². The number of nitrogens with one attached hydrogen (secondary N) is 1. The van der Waals surface area contributed by atoms with Crippen LogP contribution in [0.2, 0.25) is 0 Å². The molecule has 4 rings (SSSR count). The largest absolute Gasteiger partial charge is 0.455 e. The fraction of sp³-hybridized carbons (Fsp3) is 0.160. The molecule has 2 heterocycles. The molecule has 0 radical (unpaired) electrons. The number of amides is 2. The van der Waals surface area contributed by atoms with Gasteiger partial charge in [-0.1, -0.05) is 12.1 Å². The summed E-state index contributed by atoms with van der Waals surface area (Å²) in [6.07, 6.45) is 8.09. The molecule has 0 aliphatic carbocycles. The number of hydrogen-bond acceptors (Lipinski definition) is 4. The van der Waals surface area contributed by atoms with Crippen molar-refractivity contribution in [2.24, 2.45) is 0 Å². The Bertz CT molecular complexity index is 1110. The highest BCUT2D eigenvalue weighted by Crippen LogP contribution is 2.27. The molecular weight excluding hydrogens is 390 g/mol. The van der Waals surface area contributed by atoms with Crippen molar-refractivity contribution in [3.05, 3.63) is 84.2 Å². The van der Waals surface area contributed by atoms with Crippen molar-refractivity contribution in [1.29, 1.82) is 0 Å².